The number of imidazole rings is 1. The van der Waals surface area contributed by atoms with Crippen molar-refractivity contribution in [2.24, 2.45) is 0 Å². The van der Waals surface area contributed by atoms with E-state index in [1.165, 1.54) is 5.19 Å². The predicted octanol–water partition coefficient (Wildman–Crippen LogP) is 7.15. The van der Waals surface area contributed by atoms with E-state index in [0.717, 1.165) is 61.4 Å². The number of aryl methyl sites for hydroxylation is 2. The molecule has 4 nitrogen and oxygen atoms in total. The average Bonchev–Trinajstić information content (AvgIpc) is 3.37. The van der Waals surface area contributed by atoms with Crippen molar-refractivity contribution in [2.45, 2.75) is 33.5 Å². The standard InChI is InChI=1S/C29H27N3OSi/c1-18-16-25-27(19(2)30-18)31-29(32(25)20-10-7-6-8-11-20)24-13-9-12-23-22-15-14-21(34(3,4)5)17-26(22)33-28(23)24/h6-17H,1-5H3. The number of nitrogens with zero attached hydrogens (tertiary/aromatic N) is 3. The lowest BCUT2D eigenvalue weighted by Crippen LogP contribution is -2.37. The summed E-state index contributed by atoms with van der Waals surface area (Å²) < 4.78 is 8.80. The molecule has 0 amide bonds. The third-order valence-electron chi connectivity index (χ3n) is 6.57. The molecule has 0 aliphatic carbocycles. The van der Waals surface area contributed by atoms with Gasteiger partial charge < -0.3 is 4.42 Å². The van der Waals surface area contributed by atoms with Crippen molar-refractivity contribution in [2.75, 3.05) is 0 Å². The lowest BCUT2D eigenvalue weighted by Gasteiger charge is -2.15. The number of pyridine rings is 1. The van der Waals surface area contributed by atoms with Crippen LogP contribution < -0.4 is 5.19 Å². The van der Waals surface area contributed by atoms with E-state index in [0.29, 0.717) is 0 Å². The Labute approximate surface area is 199 Å². The molecule has 0 spiro atoms. The minimum Gasteiger partial charge on any atom is -0.455 e. The molecule has 0 fully saturated rings. The van der Waals surface area contributed by atoms with Gasteiger partial charge in [-0.2, -0.15) is 0 Å². The van der Waals surface area contributed by atoms with Gasteiger partial charge in [0.25, 0.3) is 0 Å². The predicted molar refractivity (Wildman–Crippen MR) is 144 cm³/mol. The molecule has 0 N–H and O–H groups in total. The van der Waals surface area contributed by atoms with Crippen LogP contribution in [0.1, 0.15) is 11.4 Å². The van der Waals surface area contributed by atoms with E-state index in [1.807, 2.05) is 19.9 Å². The first-order valence-corrected chi connectivity index (χ1v) is 15.2. The molecule has 3 heterocycles. The Morgan fingerprint density at radius 3 is 2.35 bits per heavy atom. The van der Waals surface area contributed by atoms with Crippen LogP contribution in [0.15, 0.2) is 77.2 Å². The molecule has 6 aromatic rings. The van der Waals surface area contributed by atoms with Crippen LogP contribution in [0.3, 0.4) is 0 Å². The van der Waals surface area contributed by atoms with Crippen LogP contribution in [0.2, 0.25) is 19.6 Å². The highest BCUT2D eigenvalue weighted by molar-refractivity contribution is 6.88. The Kier molecular flexibility index (Phi) is 4.54. The highest BCUT2D eigenvalue weighted by Gasteiger charge is 2.22. The quantitative estimate of drug-likeness (QED) is 0.263. The number of hydrogen-bond acceptors (Lipinski definition) is 3. The number of benzene rings is 3. The first-order chi connectivity index (χ1) is 16.3. The molecule has 0 radical (unpaired) electrons. The topological polar surface area (TPSA) is 43.9 Å². The molecule has 0 aliphatic heterocycles. The monoisotopic (exact) mass is 461 g/mol. The fraction of sp³-hybridized carbons (Fsp3) is 0.172. The molecule has 3 aromatic carbocycles. The van der Waals surface area contributed by atoms with E-state index in [1.54, 1.807) is 0 Å². The van der Waals surface area contributed by atoms with Crippen LogP contribution in [0.5, 0.6) is 0 Å². The highest BCUT2D eigenvalue weighted by Crippen LogP contribution is 2.38. The summed E-state index contributed by atoms with van der Waals surface area (Å²) in [6, 6.07) is 25.6. The molecule has 5 heteroatoms. The molecule has 0 unspecified atom stereocenters. The van der Waals surface area contributed by atoms with Crippen LogP contribution in [0.4, 0.5) is 0 Å². The number of hydrogen-bond donors (Lipinski definition) is 0. The lowest BCUT2D eigenvalue weighted by molar-refractivity contribution is 0.669. The molecule has 0 saturated heterocycles. The smallest absolute Gasteiger partial charge is 0.149 e. The summed E-state index contributed by atoms with van der Waals surface area (Å²) in [6.07, 6.45) is 0. The van der Waals surface area contributed by atoms with Gasteiger partial charge in [-0.1, -0.05) is 67.3 Å². The van der Waals surface area contributed by atoms with Crippen LogP contribution in [-0.4, -0.2) is 22.6 Å². The molecule has 0 atom stereocenters. The van der Waals surface area contributed by atoms with Crippen LogP contribution >= 0.6 is 0 Å². The summed E-state index contributed by atoms with van der Waals surface area (Å²) in [5, 5.41) is 3.66. The maximum atomic E-state index is 6.57. The first-order valence-electron chi connectivity index (χ1n) is 11.7. The average molecular weight is 462 g/mol. The van der Waals surface area contributed by atoms with Gasteiger partial charge in [-0.05, 0) is 44.2 Å². The summed E-state index contributed by atoms with van der Waals surface area (Å²) in [6.45, 7) is 11.2. The number of aromatic nitrogens is 3. The zero-order chi connectivity index (χ0) is 23.6. The number of furan rings is 1. The molecular weight excluding hydrogens is 434 g/mol. The number of fused-ring (bicyclic) bond motifs is 4. The van der Waals surface area contributed by atoms with Crippen molar-refractivity contribution < 1.29 is 4.42 Å². The summed E-state index contributed by atoms with van der Waals surface area (Å²) in [7, 11) is -1.45. The van der Waals surface area contributed by atoms with Gasteiger partial charge in [-0.3, -0.25) is 9.55 Å². The number of para-hydroxylation sites is 2. The second-order valence-corrected chi connectivity index (χ2v) is 15.1. The van der Waals surface area contributed by atoms with Crippen molar-refractivity contribution in [1.82, 2.24) is 14.5 Å². The molecule has 168 valence electrons. The van der Waals surface area contributed by atoms with Crippen LogP contribution in [-0.2, 0) is 0 Å². The van der Waals surface area contributed by atoms with E-state index < -0.39 is 8.07 Å². The van der Waals surface area contributed by atoms with Crippen LogP contribution in [0, 0.1) is 13.8 Å². The van der Waals surface area contributed by atoms with Crippen molar-refractivity contribution in [3.8, 4) is 17.1 Å². The van der Waals surface area contributed by atoms with Gasteiger partial charge in [0.2, 0.25) is 0 Å². The van der Waals surface area contributed by atoms with Crippen molar-refractivity contribution in [3.63, 3.8) is 0 Å². The van der Waals surface area contributed by atoms with Gasteiger partial charge >= 0.3 is 0 Å². The second kappa shape index (κ2) is 7.40. The molecule has 6 rings (SSSR count). The molecule has 0 bridgehead atoms. The zero-order valence-electron chi connectivity index (χ0n) is 20.2. The summed E-state index contributed by atoms with van der Waals surface area (Å²) in [4.78, 5) is 9.80. The molecule has 0 saturated carbocycles. The van der Waals surface area contributed by atoms with Crippen molar-refractivity contribution in [3.05, 3.63) is 84.2 Å². The van der Waals surface area contributed by atoms with Gasteiger partial charge in [0, 0.05) is 22.2 Å². The SMILES string of the molecule is Cc1cc2c(nc(-c3cccc4c3oc3cc([Si](C)(C)C)ccc34)n2-c2ccccc2)c(C)n1. The third-order valence-corrected chi connectivity index (χ3v) is 8.61. The third kappa shape index (κ3) is 3.19. The first kappa shape index (κ1) is 20.9. The van der Waals surface area contributed by atoms with Gasteiger partial charge in [0.1, 0.15) is 22.5 Å². The maximum absolute atomic E-state index is 6.57. The van der Waals surface area contributed by atoms with Gasteiger partial charge in [0.05, 0.1) is 24.8 Å². The van der Waals surface area contributed by atoms with Crippen molar-refractivity contribution >= 4 is 46.2 Å². The molecule has 3 aromatic heterocycles. The molecule has 0 aliphatic rings. The normalized spacial score (nSPS) is 12.3. The minimum absolute atomic E-state index is 0.867. The molecule has 34 heavy (non-hydrogen) atoms. The summed E-state index contributed by atoms with van der Waals surface area (Å²) >= 11 is 0. The van der Waals surface area contributed by atoms with Crippen molar-refractivity contribution in [1.29, 1.82) is 0 Å². The summed E-state index contributed by atoms with van der Waals surface area (Å²) in [5.41, 5.74) is 7.76. The Bertz CT molecular complexity index is 1710. The van der Waals surface area contributed by atoms with Crippen LogP contribution in [0.25, 0.3) is 50.0 Å². The second-order valence-electron chi connectivity index (χ2n) is 10.1. The Morgan fingerprint density at radius 2 is 1.59 bits per heavy atom. The Morgan fingerprint density at radius 1 is 0.794 bits per heavy atom. The van der Waals surface area contributed by atoms with E-state index in [4.69, 9.17) is 9.40 Å². The van der Waals surface area contributed by atoms with Gasteiger partial charge in [0.15, 0.2) is 0 Å². The Balaban J connectivity index is 1.70. The number of rotatable bonds is 3. The highest BCUT2D eigenvalue weighted by atomic mass is 28.3. The largest absolute Gasteiger partial charge is 0.455 e. The Hall–Kier alpha value is -3.70. The summed E-state index contributed by atoms with van der Waals surface area (Å²) in [5.74, 6) is 0.867. The van der Waals surface area contributed by atoms with Gasteiger partial charge in [-0.25, -0.2) is 4.98 Å². The van der Waals surface area contributed by atoms with Gasteiger partial charge in [-0.15, -0.1) is 0 Å². The van der Waals surface area contributed by atoms with E-state index in [9.17, 15) is 0 Å². The van der Waals surface area contributed by atoms with E-state index in [-0.39, 0.29) is 0 Å². The zero-order valence-corrected chi connectivity index (χ0v) is 21.2. The van der Waals surface area contributed by atoms with E-state index in [2.05, 4.69) is 95.9 Å². The lowest BCUT2D eigenvalue weighted by atomic mass is 10.1. The maximum Gasteiger partial charge on any atom is 0.149 e. The fourth-order valence-electron chi connectivity index (χ4n) is 4.84. The fourth-order valence-corrected chi connectivity index (χ4v) is 5.99. The minimum atomic E-state index is -1.45. The molecular formula is C29H27N3OSi. The van der Waals surface area contributed by atoms with E-state index >= 15 is 0 Å².